The lowest BCUT2D eigenvalue weighted by Crippen LogP contribution is -2.48. The van der Waals surface area contributed by atoms with Gasteiger partial charge in [0.05, 0.1) is 11.9 Å². The van der Waals surface area contributed by atoms with Crippen molar-refractivity contribution in [1.82, 2.24) is 5.32 Å². The minimum atomic E-state index is -3.71. The molecule has 0 spiro atoms. The van der Waals surface area contributed by atoms with Crippen LogP contribution in [-0.2, 0) is 21.2 Å². The first kappa shape index (κ1) is 21.2. The highest BCUT2D eigenvalue weighted by molar-refractivity contribution is 7.92. The second-order valence-electron chi connectivity index (χ2n) is 6.33. The first-order chi connectivity index (χ1) is 12.6. The SMILES string of the molecule is Cc1ccc(Cl)cc1N([C@H](C)C(=O)NCCc1ccc(F)cc1)S(C)(=O)=O. The smallest absolute Gasteiger partial charge is 0.243 e. The lowest BCUT2D eigenvalue weighted by Gasteiger charge is -2.29. The average molecular weight is 413 g/mol. The molecule has 27 heavy (non-hydrogen) atoms. The van der Waals surface area contributed by atoms with Crippen LogP contribution in [0.3, 0.4) is 0 Å². The van der Waals surface area contributed by atoms with E-state index in [2.05, 4.69) is 5.32 Å². The van der Waals surface area contributed by atoms with Crippen LogP contribution in [0.2, 0.25) is 5.02 Å². The molecule has 5 nitrogen and oxygen atoms in total. The molecule has 146 valence electrons. The summed E-state index contributed by atoms with van der Waals surface area (Å²) < 4.78 is 38.7. The van der Waals surface area contributed by atoms with Gasteiger partial charge in [-0.3, -0.25) is 9.10 Å². The maximum absolute atomic E-state index is 12.9. The van der Waals surface area contributed by atoms with E-state index in [9.17, 15) is 17.6 Å². The van der Waals surface area contributed by atoms with Gasteiger partial charge in [-0.15, -0.1) is 0 Å². The first-order valence-electron chi connectivity index (χ1n) is 8.37. The van der Waals surface area contributed by atoms with Gasteiger partial charge in [0.15, 0.2) is 0 Å². The molecule has 1 atom stereocenters. The fourth-order valence-corrected chi connectivity index (χ4v) is 4.12. The molecule has 0 radical (unpaired) electrons. The zero-order chi connectivity index (χ0) is 20.2. The molecular formula is C19H22ClFN2O3S. The molecule has 8 heteroatoms. The topological polar surface area (TPSA) is 66.5 Å². The van der Waals surface area contributed by atoms with Gasteiger partial charge in [0.25, 0.3) is 0 Å². The van der Waals surface area contributed by atoms with Crippen molar-refractivity contribution in [3.05, 3.63) is 64.4 Å². The summed E-state index contributed by atoms with van der Waals surface area (Å²) in [6, 6.07) is 9.93. The van der Waals surface area contributed by atoms with E-state index in [1.807, 2.05) is 0 Å². The van der Waals surface area contributed by atoms with E-state index in [-0.39, 0.29) is 5.82 Å². The summed E-state index contributed by atoms with van der Waals surface area (Å²) in [6.07, 6.45) is 1.56. The molecule has 0 aromatic heterocycles. The summed E-state index contributed by atoms with van der Waals surface area (Å²) in [7, 11) is -3.71. The molecule has 2 rings (SSSR count). The van der Waals surface area contributed by atoms with Crippen molar-refractivity contribution >= 4 is 33.2 Å². The highest BCUT2D eigenvalue weighted by Gasteiger charge is 2.30. The summed E-state index contributed by atoms with van der Waals surface area (Å²) in [4.78, 5) is 12.5. The van der Waals surface area contributed by atoms with Crippen LogP contribution in [0.25, 0.3) is 0 Å². The van der Waals surface area contributed by atoms with Crippen LogP contribution in [-0.4, -0.2) is 33.2 Å². The van der Waals surface area contributed by atoms with Gasteiger partial charge in [-0.25, -0.2) is 12.8 Å². The molecule has 0 bridgehead atoms. The van der Waals surface area contributed by atoms with E-state index < -0.39 is 22.0 Å². The van der Waals surface area contributed by atoms with Crippen LogP contribution < -0.4 is 9.62 Å². The number of carbonyl (C=O) groups is 1. The molecule has 0 saturated heterocycles. The van der Waals surface area contributed by atoms with Crippen molar-refractivity contribution in [2.75, 3.05) is 17.1 Å². The lowest BCUT2D eigenvalue weighted by atomic mass is 10.1. The monoisotopic (exact) mass is 412 g/mol. The van der Waals surface area contributed by atoms with E-state index in [1.54, 1.807) is 31.2 Å². The lowest BCUT2D eigenvalue weighted by molar-refractivity contribution is -0.121. The number of hydrogen-bond acceptors (Lipinski definition) is 3. The van der Waals surface area contributed by atoms with Gasteiger partial charge in [-0.1, -0.05) is 29.8 Å². The molecule has 1 N–H and O–H groups in total. The number of nitrogens with zero attached hydrogens (tertiary/aromatic N) is 1. The largest absolute Gasteiger partial charge is 0.354 e. The molecular weight excluding hydrogens is 391 g/mol. The van der Waals surface area contributed by atoms with Gasteiger partial charge >= 0.3 is 0 Å². The molecule has 0 unspecified atom stereocenters. The molecule has 0 aliphatic heterocycles. The molecule has 1 amide bonds. The van der Waals surface area contributed by atoms with Crippen molar-refractivity contribution in [2.24, 2.45) is 0 Å². The van der Waals surface area contributed by atoms with Crippen LogP contribution >= 0.6 is 11.6 Å². The minimum absolute atomic E-state index is 0.306. The number of rotatable bonds is 7. The number of anilines is 1. The van der Waals surface area contributed by atoms with Gasteiger partial charge < -0.3 is 5.32 Å². The van der Waals surface area contributed by atoms with E-state index in [0.29, 0.717) is 29.2 Å². The zero-order valence-corrected chi connectivity index (χ0v) is 16.9. The maximum atomic E-state index is 12.9. The third-order valence-electron chi connectivity index (χ3n) is 4.12. The van der Waals surface area contributed by atoms with Gasteiger partial charge in [-0.2, -0.15) is 0 Å². The Morgan fingerprint density at radius 3 is 2.44 bits per heavy atom. The molecule has 0 fully saturated rings. The number of aryl methyl sites for hydroxylation is 1. The van der Waals surface area contributed by atoms with Crippen LogP contribution in [0.5, 0.6) is 0 Å². The van der Waals surface area contributed by atoms with Crippen molar-refractivity contribution in [1.29, 1.82) is 0 Å². The van der Waals surface area contributed by atoms with Crippen LogP contribution in [0, 0.1) is 12.7 Å². The summed E-state index contributed by atoms with van der Waals surface area (Å²) >= 11 is 6.01. The number of sulfonamides is 1. The molecule has 0 aliphatic carbocycles. The normalized spacial score (nSPS) is 12.5. The Kier molecular flexibility index (Phi) is 6.84. The highest BCUT2D eigenvalue weighted by Crippen LogP contribution is 2.28. The van der Waals surface area contributed by atoms with E-state index in [1.165, 1.54) is 25.1 Å². The van der Waals surface area contributed by atoms with E-state index in [4.69, 9.17) is 11.6 Å². The Morgan fingerprint density at radius 1 is 1.22 bits per heavy atom. The average Bonchev–Trinajstić information content (AvgIpc) is 2.58. The fraction of sp³-hybridized carbons (Fsp3) is 0.316. The van der Waals surface area contributed by atoms with Crippen LogP contribution in [0.15, 0.2) is 42.5 Å². The second-order valence-corrected chi connectivity index (χ2v) is 8.63. The standard InChI is InChI=1S/C19H22ClFN2O3S/c1-13-4-7-16(20)12-18(13)23(27(3,25)26)14(2)19(24)22-11-10-15-5-8-17(21)9-6-15/h4-9,12,14H,10-11H2,1-3H3,(H,22,24)/t14-/m1/s1. The molecule has 2 aromatic rings. The third kappa shape index (κ3) is 5.68. The predicted octanol–water partition coefficient (Wildman–Crippen LogP) is 3.30. The summed E-state index contributed by atoms with van der Waals surface area (Å²) in [5.41, 5.74) is 1.93. The quantitative estimate of drug-likeness (QED) is 0.758. The Morgan fingerprint density at radius 2 is 1.85 bits per heavy atom. The maximum Gasteiger partial charge on any atom is 0.243 e. The molecule has 0 aliphatic rings. The Hall–Kier alpha value is -2.12. The van der Waals surface area contributed by atoms with Crippen LogP contribution in [0.4, 0.5) is 10.1 Å². The van der Waals surface area contributed by atoms with Gasteiger partial charge in [0.1, 0.15) is 11.9 Å². The van der Waals surface area contributed by atoms with Gasteiger partial charge in [-0.05, 0) is 55.7 Å². The van der Waals surface area contributed by atoms with Crippen molar-refractivity contribution in [3.63, 3.8) is 0 Å². The number of hydrogen-bond donors (Lipinski definition) is 1. The Labute approximate surface area is 164 Å². The molecule has 2 aromatic carbocycles. The fourth-order valence-electron chi connectivity index (χ4n) is 2.73. The highest BCUT2D eigenvalue weighted by atomic mass is 35.5. The summed E-state index contributed by atoms with van der Waals surface area (Å²) in [6.45, 7) is 3.58. The van der Waals surface area contributed by atoms with Crippen molar-refractivity contribution in [2.45, 2.75) is 26.3 Å². The van der Waals surface area contributed by atoms with Crippen LogP contribution in [0.1, 0.15) is 18.1 Å². The number of halogens is 2. The minimum Gasteiger partial charge on any atom is -0.354 e. The van der Waals surface area contributed by atoms with Gasteiger partial charge in [0.2, 0.25) is 15.9 Å². The van der Waals surface area contributed by atoms with Crippen molar-refractivity contribution in [3.8, 4) is 0 Å². The number of carbonyl (C=O) groups excluding carboxylic acids is 1. The molecule has 0 saturated carbocycles. The Bertz CT molecular complexity index is 917. The number of amides is 1. The first-order valence-corrected chi connectivity index (χ1v) is 10.6. The second kappa shape index (κ2) is 8.71. The van der Waals surface area contributed by atoms with E-state index >= 15 is 0 Å². The number of benzene rings is 2. The zero-order valence-electron chi connectivity index (χ0n) is 15.4. The van der Waals surface area contributed by atoms with E-state index in [0.717, 1.165) is 16.1 Å². The third-order valence-corrected chi connectivity index (χ3v) is 5.59. The Balaban J connectivity index is 2.13. The van der Waals surface area contributed by atoms with Gasteiger partial charge in [0, 0.05) is 11.6 Å². The summed E-state index contributed by atoms with van der Waals surface area (Å²) in [5.74, 6) is -0.751. The number of nitrogens with one attached hydrogen (secondary N) is 1. The predicted molar refractivity (Wildman–Crippen MR) is 106 cm³/mol. The molecule has 0 heterocycles. The summed E-state index contributed by atoms with van der Waals surface area (Å²) in [5, 5.41) is 3.11. The van der Waals surface area contributed by atoms with Crippen molar-refractivity contribution < 1.29 is 17.6 Å².